The van der Waals surface area contributed by atoms with Crippen molar-refractivity contribution in [1.29, 1.82) is 0 Å². The van der Waals surface area contributed by atoms with Gasteiger partial charge in [0.05, 0.1) is 29.6 Å². The summed E-state index contributed by atoms with van der Waals surface area (Å²) in [4.78, 5) is 22.5. The summed E-state index contributed by atoms with van der Waals surface area (Å²) in [6.45, 7) is 2.02. The first-order valence-electron chi connectivity index (χ1n) is 13.5. The molecule has 4 aromatic rings. The van der Waals surface area contributed by atoms with Crippen molar-refractivity contribution in [2.24, 2.45) is 17.5 Å². The lowest BCUT2D eigenvalue weighted by Crippen LogP contribution is -2.47. The number of methoxy groups -OCH3 is 1. The number of hydrogen-bond acceptors (Lipinski definition) is 10. The van der Waals surface area contributed by atoms with E-state index < -0.39 is 11.1 Å². The first-order valence-corrected chi connectivity index (χ1v) is 14.3. The van der Waals surface area contributed by atoms with E-state index in [9.17, 15) is 14.3 Å². The van der Waals surface area contributed by atoms with Crippen molar-refractivity contribution in [2.75, 3.05) is 20.3 Å². The number of nitrogens with one attached hydrogen (secondary N) is 1. The number of ether oxygens (including phenoxy) is 2. The summed E-state index contributed by atoms with van der Waals surface area (Å²) in [5, 5.41) is 16.6. The van der Waals surface area contributed by atoms with Crippen LogP contribution in [-0.4, -0.2) is 46.3 Å². The minimum Gasteiger partial charge on any atom is -0.494 e. The van der Waals surface area contributed by atoms with Crippen LogP contribution in [0.5, 0.6) is 11.5 Å². The van der Waals surface area contributed by atoms with Crippen LogP contribution in [0.2, 0.25) is 0 Å². The topological polar surface area (TPSA) is 149 Å². The van der Waals surface area contributed by atoms with Crippen LogP contribution in [0.15, 0.2) is 60.4 Å². The molecule has 2 aromatic heterocycles. The molecule has 0 unspecified atom stereocenters. The zero-order valence-corrected chi connectivity index (χ0v) is 24.0. The van der Waals surface area contributed by atoms with Crippen molar-refractivity contribution >= 4 is 27.5 Å². The first-order chi connectivity index (χ1) is 20.2. The van der Waals surface area contributed by atoms with Crippen molar-refractivity contribution in [3.63, 3.8) is 0 Å². The molecule has 1 fully saturated rings. The number of rotatable bonds is 9. The lowest BCUT2D eigenvalue weighted by Gasteiger charge is -2.34. The highest BCUT2D eigenvalue weighted by atomic mass is 32.1. The van der Waals surface area contributed by atoms with Crippen LogP contribution in [0.4, 0.5) is 4.39 Å². The van der Waals surface area contributed by atoms with Crippen molar-refractivity contribution < 1.29 is 23.8 Å². The summed E-state index contributed by atoms with van der Waals surface area (Å²) in [6.07, 6.45) is 4.41. The number of amides is 1. The van der Waals surface area contributed by atoms with Crippen LogP contribution in [0.3, 0.4) is 0 Å². The average molecular weight is 591 g/mol. The summed E-state index contributed by atoms with van der Waals surface area (Å²) in [6, 6.07) is 11.1. The highest BCUT2D eigenvalue weighted by molar-refractivity contribution is 7.16. The van der Waals surface area contributed by atoms with Crippen LogP contribution in [0.1, 0.15) is 41.4 Å². The fraction of sp³-hybridized carbons (Fsp3) is 0.300. The number of carbonyl (C=O) groups is 1. The molecule has 0 radical (unpaired) electrons. The van der Waals surface area contributed by atoms with Crippen LogP contribution < -0.4 is 26.4 Å². The van der Waals surface area contributed by atoms with Gasteiger partial charge in [-0.1, -0.05) is 0 Å². The Morgan fingerprint density at radius 1 is 1.33 bits per heavy atom. The maximum absolute atomic E-state index is 13.8. The number of pyridine rings is 1. The Labute approximate surface area is 245 Å². The van der Waals surface area contributed by atoms with Crippen LogP contribution in [-0.2, 0) is 11.1 Å². The van der Waals surface area contributed by atoms with Gasteiger partial charge in [0, 0.05) is 29.1 Å². The summed E-state index contributed by atoms with van der Waals surface area (Å²) < 4.78 is 26.2. The molecule has 2 aromatic carbocycles. The number of nitrogens with zero attached hydrogens (tertiary/aromatic N) is 3. The van der Waals surface area contributed by atoms with Crippen molar-refractivity contribution in [2.45, 2.75) is 30.9 Å². The second kappa shape index (κ2) is 10.5. The van der Waals surface area contributed by atoms with Gasteiger partial charge in [-0.15, -0.1) is 11.3 Å². The number of thiazole rings is 1. The predicted octanol–water partition coefficient (Wildman–Crippen LogP) is 3.75. The largest absolute Gasteiger partial charge is 0.494 e. The third kappa shape index (κ3) is 4.71. The molecular formula is C30H31FN6O4S. The second-order valence-corrected chi connectivity index (χ2v) is 11.7. The molecule has 10 nitrogen and oxygen atoms in total. The maximum Gasteiger partial charge on any atom is 0.251 e. The SMILES string of the molecule is COc1cc(C(=O)NC[C@](O)(c2cc3c(c(-c4ccc(F)cc4)n2)OC[C@]3(C)N(N)/C=C\N)C2CC2)cc2scnc12. The van der Waals surface area contributed by atoms with Gasteiger partial charge in [-0.2, -0.15) is 0 Å². The summed E-state index contributed by atoms with van der Waals surface area (Å²) >= 11 is 1.41. The molecule has 6 N–H and O–H groups in total. The number of fused-ring (bicyclic) bond motifs is 2. The molecule has 1 aliphatic heterocycles. The van der Waals surface area contributed by atoms with E-state index in [-0.39, 0.29) is 30.8 Å². The molecule has 1 saturated carbocycles. The number of nitrogens with two attached hydrogens (primary N) is 2. The maximum atomic E-state index is 13.8. The van der Waals surface area contributed by atoms with Gasteiger partial charge >= 0.3 is 0 Å². The minimum atomic E-state index is -1.50. The van der Waals surface area contributed by atoms with Gasteiger partial charge in [0.25, 0.3) is 5.91 Å². The van der Waals surface area contributed by atoms with E-state index in [1.807, 2.05) is 6.92 Å². The number of benzene rings is 2. The normalized spacial score (nSPS) is 19.4. The summed E-state index contributed by atoms with van der Waals surface area (Å²) in [7, 11) is 1.53. The van der Waals surface area contributed by atoms with Crippen molar-refractivity contribution in [1.82, 2.24) is 20.3 Å². The molecule has 0 saturated heterocycles. The Kier molecular flexibility index (Phi) is 7.00. The molecule has 6 rings (SSSR count). The van der Waals surface area contributed by atoms with E-state index in [0.29, 0.717) is 45.1 Å². The monoisotopic (exact) mass is 590 g/mol. The molecule has 1 aliphatic carbocycles. The molecule has 42 heavy (non-hydrogen) atoms. The van der Waals surface area contributed by atoms with E-state index in [1.54, 1.807) is 35.8 Å². The van der Waals surface area contributed by atoms with Gasteiger partial charge in [0.2, 0.25) is 0 Å². The van der Waals surface area contributed by atoms with Gasteiger partial charge in [0.1, 0.15) is 40.5 Å². The van der Waals surface area contributed by atoms with Crippen molar-refractivity contribution in [3.8, 4) is 22.8 Å². The fourth-order valence-corrected chi connectivity index (χ4v) is 6.14. The third-order valence-electron chi connectivity index (χ3n) is 8.08. The zero-order valence-electron chi connectivity index (χ0n) is 23.1. The smallest absolute Gasteiger partial charge is 0.251 e. The number of aliphatic hydroxyl groups is 1. The van der Waals surface area contributed by atoms with E-state index in [4.69, 9.17) is 26.0 Å². The van der Waals surface area contributed by atoms with Crippen LogP contribution in [0.25, 0.3) is 21.5 Å². The van der Waals surface area contributed by atoms with Gasteiger partial charge in [0.15, 0.2) is 5.75 Å². The molecule has 2 atom stereocenters. The second-order valence-electron chi connectivity index (χ2n) is 10.8. The van der Waals surface area contributed by atoms with E-state index in [0.717, 1.165) is 17.5 Å². The fourth-order valence-electron chi connectivity index (χ4n) is 5.41. The summed E-state index contributed by atoms with van der Waals surface area (Å²) in [5.74, 6) is 6.49. The predicted molar refractivity (Wildman–Crippen MR) is 157 cm³/mol. The average Bonchev–Trinajstić information content (AvgIpc) is 3.66. The lowest BCUT2D eigenvalue weighted by atomic mass is 9.86. The molecule has 0 bridgehead atoms. The zero-order chi connectivity index (χ0) is 29.6. The summed E-state index contributed by atoms with van der Waals surface area (Å²) in [5.41, 5.74) is 8.19. The standard InChI is InChI=1S/C30H31FN6O4S/c1-29(37(33)10-9-32)15-41-27-21(29)13-24(36-25(27)17-3-7-20(31)8-4-17)30(39,19-5-6-19)14-34-28(38)18-11-22(40-2)26-23(12-18)42-16-35-26/h3-4,7-13,16,19,39H,5-6,14-15,32-33H2,1-2H3,(H,34,38)/b10-9-/t29-,30+/m0/s1. The molecule has 218 valence electrons. The molecule has 12 heteroatoms. The Morgan fingerprint density at radius 3 is 2.79 bits per heavy atom. The Hall–Kier alpha value is -4.26. The number of carbonyl (C=O) groups excluding carboxylic acids is 1. The number of hydrazine groups is 1. The highest BCUT2D eigenvalue weighted by Crippen LogP contribution is 2.50. The Morgan fingerprint density at radius 2 is 2.10 bits per heavy atom. The molecule has 1 amide bonds. The molecule has 2 aliphatic rings. The third-order valence-corrected chi connectivity index (χ3v) is 8.86. The number of hydrogen-bond donors (Lipinski definition) is 4. The Bertz CT molecular complexity index is 1690. The van der Waals surface area contributed by atoms with Gasteiger partial charge in [-0.25, -0.2) is 20.2 Å². The molecular weight excluding hydrogens is 559 g/mol. The number of halogens is 1. The van der Waals surface area contributed by atoms with E-state index in [2.05, 4.69) is 10.3 Å². The molecule has 0 spiro atoms. The lowest BCUT2D eigenvalue weighted by molar-refractivity contribution is 0.00936. The Balaban J connectivity index is 1.40. The van der Waals surface area contributed by atoms with Crippen LogP contribution >= 0.6 is 11.3 Å². The van der Waals surface area contributed by atoms with E-state index in [1.165, 1.54) is 48.0 Å². The highest BCUT2D eigenvalue weighted by Gasteiger charge is 2.49. The number of aromatic nitrogens is 2. The first kappa shape index (κ1) is 27.9. The van der Waals surface area contributed by atoms with Crippen LogP contribution in [0, 0.1) is 11.7 Å². The van der Waals surface area contributed by atoms with Gasteiger partial charge < -0.3 is 30.6 Å². The molecule has 3 heterocycles. The van der Waals surface area contributed by atoms with Gasteiger partial charge in [-0.05, 0) is 68.1 Å². The van der Waals surface area contributed by atoms with Crippen molar-refractivity contribution in [3.05, 3.63) is 83.0 Å². The quantitative estimate of drug-likeness (QED) is 0.169. The van der Waals surface area contributed by atoms with Gasteiger partial charge in [-0.3, -0.25) is 4.79 Å². The minimum absolute atomic E-state index is 0.0825. The van der Waals surface area contributed by atoms with E-state index >= 15 is 0 Å².